The molecule has 15 atom stereocenters. The lowest BCUT2D eigenvalue weighted by molar-refractivity contribution is -0.148. The van der Waals surface area contributed by atoms with E-state index in [2.05, 4.69) is 52.7 Å². The number of nitrogens with one attached hydrogen (secondary N) is 6. The molecule has 19 N–H and O–H groups in total. The maximum absolute atomic E-state index is 14.6. The highest BCUT2D eigenvalue weighted by atomic mass is 16.4. The number of aliphatic hydroxyl groups is 7. The summed E-state index contributed by atoms with van der Waals surface area (Å²) in [7, 11) is 0. The molecule has 0 saturated carbocycles. The van der Waals surface area contributed by atoms with Crippen molar-refractivity contribution in [3.8, 4) is 5.75 Å². The van der Waals surface area contributed by atoms with Crippen LogP contribution in [0, 0.1) is 11.8 Å². The molecule has 1 aromatic carbocycles. The topological polar surface area (TPSA) is 449 Å². The van der Waals surface area contributed by atoms with Crippen LogP contribution in [0.15, 0.2) is 24.3 Å². The number of carbonyl (C=O) groups excluding carboxylic acids is 7. The molecule has 1 aromatic rings. The summed E-state index contributed by atoms with van der Waals surface area (Å²) in [6.45, 7) is 7.75. The Kier molecular flexibility index (Phi) is 29.2. The lowest BCUT2D eigenvalue weighted by atomic mass is 9.93. The summed E-state index contributed by atoms with van der Waals surface area (Å²) in [5.74, 6) is -7.33. The predicted octanol–water partition coefficient (Wildman–Crippen LogP) is -3.61. The smallest absolute Gasteiger partial charge is 0.300 e. The zero-order valence-corrected chi connectivity index (χ0v) is 46.6. The van der Waals surface area contributed by atoms with Gasteiger partial charge in [0.15, 0.2) is 0 Å². The SMILES string of the molecule is CC(=O)O.CC(C)C[C@H](C)CCCCCCCCC(=O)N[C@H]1C[C@@H](O)[C@@H](NCCN)NC(=O)[C@@H]2[C@@H](O)CCN2C(=O)[C@H]([C@H](O)CCN)NC(=O)[C@H]([C@H](O)[C@@H](O)c2ccc(O)cc2)NC(=O)[C@@H]2C[C@@H](O)CN2C(=O)[C@H]([C@@H](C)O)NC1=O. The van der Waals surface area contributed by atoms with E-state index in [9.17, 15) is 74.4 Å². The van der Waals surface area contributed by atoms with Gasteiger partial charge in [-0.05, 0) is 68.7 Å². The van der Waals surface area contributed by atoms with Crippen molar-refractivity contribution in [3.05, 3.63) is 29.8 Å². The van der Waals surface area contributed by atoms with Crippen LogP contribution in [0.3, 0.4) is 0 Å². The molecule has 0 bridgehead atoms. The van der Waals surface area contributed by atoms with E-state index >= 15 is 0 Å². The molecule has 80 heavy (non-hydrogen) atoms. The van der Waals surface area contributed by atoms with Crippen LogP contribution in [-0.2, 0) is 38.4 Å². The molecule has 27 heteroatoms. The number of phenols is 1. The highest BCUT2D eigenvalue weighted by Crippen LogP contribution is 2.26. The summed E-state index contributed by atoms with van der Waals surface area (Å²) in [5.41, 5.74) is 11.5. The lowest BCUT2D eigenvalue weighted by Crippen LogP contribution is -2.65. The third-order valence-electron chi connectivity index (χ3n) is 14.3. The number of hydrogen-bond acceptors (Lipinski definition) is 19. The lowest BCUT2D eigenvalue weighted by Gasteiger charge is -2.35. The summed E-state index contributed by atoms with van der Waals surface area (Å²) >= 11 is 0. The molecule has 4 rings (SSSR count). The number of carboxylic acid groups (broad SMARTS) is 1. The van der Waals surface area contributed by atoms with Gasteiger partial charge in [0.1, 0.15) is 60.4 Å². The number of nitrogens with two attached hydrogens (primary N) is 2. The van der Waals surface area contributed by atoms with Crippen molar-refractivity contribution < 1.29 is 84.3 Å². The van der Waals surface area contributed by atoms with Gasteiger partial charge in [0.05, 0.1) is 30.5 Å². The Morgan fingerprint density at radius 1 is 0.713 bits per heavy atom. The molecule has 27 nitrogen and oxygen atoms in total. The van der Waals surface area contributed by atoms with Gasteiger partial charge < -0.3 is 93.8 Å². The van der Waals surface area contributed by atoms with Gasteiger partial charge in [-0.2, -0.15) is 0 Å². The van der Waals surface area contributed by atoms with Crippen LogP contribution in [0.5, 0.6) is 5.75 Å². The second-order valence-electron chi connectivity index (χ2n) is 21.7. The molecule has 0 unspecified atom stereocenters. The quantitative estimate of drug-likeness (QED) is 0.0499. The van der Waals surface area contributed by atoms with Crippen LogP contribution in [0.4, 0.5) is 0 Å². The molecular weight excluding hydrogens is 1050 g/mol. The van der Waals surface area contributed by atoms with Crippen LogP contribution in [-0.4, -0.2) is 215 Å². The molecule has 3 aliphatic rings. The van der Waals surface area contributed by atoms with E-state index in [1.54, 1.807) is 0 Å². The van der Waals surface area contributed by atoms with Crippen molar-refractivity contribution in [2.24, 2.45) is 23.3 Å². The second kappa shape index (κ2) is 34.0. The Balaban J connectivity index is 0.00000406. The Labute approximate surface area is 467 Å². The average Bonchev–Trinajstić information content (AvgIpc) is 4.00. The van der Waals surface area contributed by atoms with E-state index in [-0.39, 0.29) is 56.8 Å². The van der Waals surface area contributed by atoms with Crippen molar-refractivity contribution >= 4 is 47.3 Å². The Morgan fingerprint density at radius 2 is 1.30 bits per heavy atom. The van der Waals surface area contributed by atoms with Gasteiger partial charge in [-0.15, -0.1) is 0 Å². The number of aliphatic hydroxyl groups excluding tert-OH is 7. The van der Waals surface area contributed by atoms with Crippen molar-refractivity contribution in [1.29, 1.82) is 0 Å². The highest BCUT2D eigenvalue weighted by molar-refractivity contribution is 5.98. The summed E-state index contributed by atoms with van der Waals surface area (Å²) in [6.07, 6.45) is -8.14. The zero-order valence-electron chi connectivity index (χ0n) is 46.6. The maximum Gasteiger partial charge on any atom is 0.300 e. The second-order valence-corrected chi connectivity index (χ2v) is 21.7. The first kappa shape index (κ1) is 68.7. The zero-order chi connectivity index (χ0) is 60.0. The minimum atomic E-state index is -2.28. The van der Waals surface area contributed by atoms with Gasteiger partial charge >= 0.3 is 0 Å². The fraction of sp³-hybridized carbons (Fsp3) is 0.736. The highest BCUT2D eigenvalue weighted by Gasteiger charge is 2.49. The molecule has 3 heterocycles. The van der Waals surface area contributed by atoms with E-state index in [1.165, 1.54) is 30.7 Å². The summed E-state index contributed by atoms with van der Waals surface area (Å²) in [4.78, 5) is 111. The maximum atomic E-state index is 14.6. The van der Waals surface area contributed by atoms with E-state index in [0.717, 1.165) is 55.8 Å². The summed E-state index contributed by atoms with van der Waals surface area (Å²) in [5, 5.41) is 112. The number of hydrogen-bond donors (Lipinski definition) is 17. The number of aromatic hydroxyl groups is 1. The van der Waals surface area contributed by atoms with Crippen molar-refractivity contribution in [2.45, 2.75) is 203 Å². The molecule has 0 spiro atoms. The van der Waals surface area contributed by atoms with Crippen LogP contribution >= 0.6 is 0 Å². The Bertz CT molecular complexity index is 2160. The molecule has 3 saturated heterocycles. The number of carboxylic acids is 1. The van der Waals surface area contributed by atoms with Gasteiger partial charge in [-0.1, -0.05) is 71.4 Å². The Hall–Kier alpha value is -5.62. The number of nitrogens with zero attached hydrogens (tertiary/aromatic N) is 2. The van der Waals surface area contributed by atoms with Gasteiger partial charge in [-0.25, -0.2) is 0 Å². The van der Waals surface area contributed by atoms with Gasteiger partial charge in [-0.3, -0.25) is 43.7 Å². The fourth-order valence-electron chi connectivity index (χ4n) is 10.2. The van der Waals surface area contributed by atoms with E-state index in [0.29, 0.717) is 24.7 Å². The number of aliphatic carboxylic acids is 1. The van der Waals surface area contributed by atoms with Crippen LogP contribution in [0.1, 0.15) is 130 Å². The molecular formula is C53H90N10O17. The molecule has 454 valence electrons. The average molecular weight is 1140 g/mol. The number of fused-ring (bicyclic) bond motifs is 2. The number of amides is 7. The van der Waals surface area contributed by atoms with E-state index in [1.807, 2.05) is 0 Å². The monoisotopic (exact) mass is 1140 g/mol. The Morgan fingerprint density at radius 3 is 1.90 bits per heavy atom. The molecule has 3 aliphatic heterocycles. The van der Waals surface area contributed by atoms with Crippen LogP contribution in [0.2, 0.25) is 0 Å². The third-order valence-corrected chi connectivity index (χ3v) is 14.3. The number of rotatable bonds is 22. The minimum Gasteiger partial charge on any atom is -0.508 e. The normalized spacial score (nSPS) is 27.4. The standard InChI is InChI=1S/C51H86N10O15.C2H4O2/c1-27(2)23-28(3)11-9-7-5-6-8-10-12-38(68)55-33-25-37(67)45(54-21-20-53)59-49(74)42-36(66)18-22-60(42)51(76)40(35(65)17-19-52)57-48(73)41(44(70)43(69)30-13-15-31(63)16-14-30)58-47(72)34-24-32(64)26-61(34)50(75)39(29(4)62)56-46(33)71;1-2(3)4/h13-16,27-29,32-37,39-45,54,62-67,69-70H,5-12,17-26,52-53H2,1-4H3,(H,55,68)(H,56,71)(H,57,73)(H,58,72)(H,59,74);1H3,(H,3,4)/t28-,29-,32-,33+,34+,35-,36+,37-,39+,40+,41+,42+,43+,44+,45+;/m1./s1. The minimum absolute atomic E-state index is 0.0263. The summed E-state index contributed by atoms with van der Waals surface area (Å²) < 4.78 is 0. The fourth-order valence-corrected chi connectivity index (χ4v) is 10.2. The van der Waals surface area contributed by atoms with Crippen molar-refractivity contribution in [2.75, 3.05) is 32.7 Å². The number of phenolic OH excluding ortho intramolecular Hbond substituents is 1. The first-order chi connectivity index (χ1) is 37.7. The van der Waals surface area contributed by atoms with Crippen molar-refractivity contribution in [3.63, 3.8) is 0 Å². The molecule has 0 aromatic heterocycles. The first-order valence-corrected chi connectivity index (χ1v) is 27.7. The first-order valence-electron chi connectivity index (χ1n) is 27.7. The number of carbonyl (C=O) groups is 8. The van der Waals surface area contributed by atoms with Gasteiger partial charge in [0, 0.05) is 52.4 Å². The molecule has 0 radical (unpaired) electrons. The molecule has 3 fully saturated rings. The predicted molar refractivity (Wildman–Crippen MR) is 289 cm³/mol. The number of benzene rings is 1. The van der Waals surface area contributed by atoms with E-state index < -0.39 is 152 Å². The van der Waals surface area contributed by atoms with E-state index in [4.69, 9.17) is 21.4 Å². The third kappa shape index (κ3) is 21.4. The molecule has 0 aliphatic carbocycles. The van der Waals surface area contributed by atoms with Gasteiger partial charge in [0.25, 0.3) is 5.97 Å². The van der Waals surface area contributed by atoms with Crippen LogP contribution in [0.25, 0.3) is 0 Å². The largest absolute Gasteiger partial charge is 0.508 e. The molecule has 7 amide bonds. The van der Waals surface area contributed by atoms with Crippen molar-refractivity contribution in [1.82, 2.24) is 41.7 Å². The summed E-state index contributed by atoms with van der Waals surface area (Å²) in [6, 6.07) is -6.40. The van der Waals surface area contributed by atoms with Crippen LogP contribution < -0.4 is 43.4 Å². The van der Waals surface area contributed by atoms with Gasteiger partial charge in [0.2, 0.25) is 41.4 Å². The number of unbranched alkanes of at least 4 members (excludes halogenated alkanes) is 5.